The van der Waals surface area contributed by atoms with E-state index in [2.05, 4.69) is 28.3 Å². The van der Waals surface area contributed by atoms with Gasteiger partial charge in [0.05, 0.1) is 0 Å². The summed E-state index contributed by atoms with van der Waals surface area (Å²) in [6.07, 6.45) is 0.989. The maximum absolute atomic E-state index is 5.80. The zero-order chi connectivity index (χ0) is 13.7. The Bertz CT molecular complexity index is 555. The van der Waals surface area contributed by atoms with Crippen molar-refractivity contribution in [3.63, 3.8) is 0 Å². The van der Waals surface area contributed by atoms with Gasteiger partial charge in [-0.3, -0.25) is 0 Å². The van der Waals surface area contributed by atoms with Gasteiger partial charge in [0, 0.05) is 12.6 Å². The Morgan fingerprint density at radius 1 is 1.16 bits per heavy atom. The summed E-state index contributed by atoms with van der Waals surface area (Å²) >= 11 is 0. The lowest BCUT2D eigenvalue weighted by Gasteiger charge is -2.09. The minimum absolute atomic E-state index is 0.566. The van der Waals surface area contributed by atoms with Crippen LogP contribution in [-0.4, -0.2) is 16.5 Å². The number of aryl methyl sites for hydroxylation is 2. The van der Waals surface area contributed by atoms with Crippen LogP contribution in [-0.2, 0) is 6.42 Å². The van der Waals surface area contributed by atoms with Crippen LogP contribution < -0.4 is 10.1 Å². The molecule has 0 aliphatic rings. The van der Waals surface area contributed by atoms with Crippen molar-refractivity contribution in [2.45, 2.75) is 27.2 Å². The molecule has 0 aliphatic carbocycles. The lowest BCUT2D eigenvalue weighted by atomic mass is 10.2. The number of nitrogens with one attached hydrogen (secondary N) is 1. The summed E-state index contributed by atoms with van der Waals surface area (Å²) < 4.78 is 5.80. The molecule has 0 saturated carbocycles. The molecule has 19 heavy (non-hydrogen) atoms. The van der Waals surface area contributed by atoms with Gasteiger partial charge in [-0.1, -0.05) is 19.1 Å². The zero-order valence-corrected chi connectivity index (χ0v) is 11.6. The molecular weight excluding hydrogens is 238 g/mol. The molecule has 2 rings (SSSR count). The maximum atomic E-state index is 5.80. The number of benzene rings is 1. The first kappa shape index (κ1) is 13.3. The molecule has 0 amide bonds. The summed E-state index contributed by atoms with van der Waals surface area (Å²) in [4.78, 5) is 8.59. The average molecular weight is 257 g/mol. The van der Waals surface area contributed by atoms with Crippen LogP contribution in [0.1, 0.15) is 25.2 Å². The van der Waals surface area contributed by atoms with Gasteiger partial charge in [0.15, 0.2) is 0 Å². The van der Waals surface area contributed by atoms with Crippen molar-refractivity contribution in [2.24, 2.45) is 0 Å². The fraction of sp³-hybridized carbons (Fsp3) is 0.333. The summed E-state index contributed by atoms with van der Waals surface area (Å²) in [5.41, 5.74) is 1.25. The number of ether oxygens (including phenoxy) is 1. The molecule has 1 aromatic carbocycles. The third-order valence-corrected chi connectivity index (χ3v) is 2.70. The van der Waals surface area contributed by atoms with Gasteiger partial charge in [-0.15, -0.1) is 0 Å². The Morgan fingerprint density at radius 3 is 2.74 bits per heavy atom. The second-order valence-electron chi connectivity index (χ2n) is 4.27. The number of hydrogen-bond acceptors (Lipinski definition) is 4. The standard InChI is InChI=1S/C15H19N3O/c1-4-12-7-6-8-13(9-12)19-15-10-14(16-5-2)17-11(3)18-15/h6-10H,4-5H2,1-3H3,(H,16,17,18). The van der Waals surface area contributed by atoms with E-state index < -0.39 is 0 Å². The molecule has 4 heteroatoms. The lowest BCUT2D eigenvalue weighted by molar-refractivity contribution is 0.459. The number of rotatable bonds is 5. The summed E-state index contributed by atoms with van der Waals surface area (Å²) in [7, 11) is 0. The van der Waals surface area contributed by atoms with Crippen molar-refractivity contribution in [1.82, 2.24) is 9.97 Å². The molecule has 0 spiro atoms. The van der Waals surface area contributed by atoms with Crippen LogP contribution >= 0.6 is 0 Å². The summed E-state index contributed by atoms with van der Waals surface area (Å²) in [5, 5.41) is 3.17. The quantitative estimate of drug-likeness (QED) is 0.889. The van der Waals surface area contributed by atoms with Gasteiger partial charge < -0.3 is 10.1 Å². The second kappa shape index (κ2) is 6.18. The third-order valence-electron chi connectivity index (χ3n) is 2.70. The molecule has 0 bridgehead atoms. The number of hydrogen-bond donors (Lipinski definition) is 1. The van der Waals surface area contributed by atoms with Gasteiger partial charge in [0.2, 0.25) is 5.88 Å². The van der Waals surface area contributed by atoms with Gasteiger partial charge in [0.1, 0.15) is 17.4 Å². The van der Waals surface area contributed by atoms with Crippen LogP contribution in [0.25, 0.3) is 0 Å². The fourth-order valence-corrected chi connectivity index (χ4v) is 1.81. The molecule has 0 radical (unpaired) electrons. The van der Waals surface area contributed by atoms with Crippen LogP contribution in [0, 0.1) is 6.92 Å². The number of nitrogens with zero attached hydrogens (tertiary/aromatic N) is 2. The van der Waals surface area contributed by atoms with Crippen molar-refractivity contribution in [3.8, 4) is 11.6 Å². The molecule has 0 unspecified atom stereocenters. The Labute approximate surface area is 113 Å². The van der Waals surface area contributed by atoms with Gasteiger partial charge >= 0.3 is 0 Å². The van der Waals surface area contributed by atoms with E-state index in [9.17, 15) is 0 Å². The Kier molecular flexibility index (Phi) is 4.34. The van der Waals surface area contributed by atoms with Crippen LogP contribution in [0.2, 0.25) is 0 Å². The number of aromatic nitrogens is 2. The van der Waals surface area contributed by atoms with Crippen LogP contribution in [0.4, 0.5) is 5.82 Å². The fourth-order valence-electron chi connectivity index (χ4n) is 1.81. The molecule has 0 aliphatic heterocycles. The summed E-state index contributed by atoms with van der Waals surface area (Å²) in [6.45, 7) is 6.83. The maximum Gasteiger partial charge on any atom is 0.224 e. The van der Waals surface area contributed by atoms with Crippen LogP contribution in [0.3, 0.4) is 0 Å². The van der Waals surface area contributed by atoms with E-state index in [4.69, 9.17) is 4.74 Å². The van der Waals surface area contributed by atoms with Crippen molar-refractivity contribution in [1.29, 1.82) is 0 Å². The smallest absolute Gasteiger partial charge is 0.224 e. The highest BCUT2D eigenvalue weighted by atomic mass is 16.5. The molecule has 0 saturated heterocycles. The van der Waals surface area contributed by atoms with Gasteiger partial charge in [-0.05, 0) is 38.0 Å². The van der Waals surface area contributed by atoms with Crippen molar-refractivity contribution in [2.75, 3.05) is 11.9 Å². The zero-order valence-electron chi connectivity index (χ0n) is 11.6. The van der Waals surface area contributed by atoms with E-state index >= 15 is 0 Å². The normalized spacial score (nSPS) is 10.3. The molecule has 0 atom stereocenters. The molecule has 100 valence electrons. The predicted octanol–water partition coefficient (Wildman–Crippen LogP) is 3.57. The molecule has 2 aromatic rings. The van der Waals surface area contributed by atoms with Crippen LogP contribution in [0.15, 0.2) is 30.3 Å². The van der Waals surface area contributed by atoms with E-state index in [1.807, 2.05) is 38.1 Å². The van der Waals surface area contributed by atoms with Crippen LogP contribution in [0.5, 0.6) is 11.6 Å². The molecule has 4 nitrogen and oxygen atoms in total. The molecular formula is C15H19N3O. The third kappa shape index (κ3) is 3.68. The molecule has 1 heterocycles. The predicted molar refractivity (Wildman–Crippen MR) is 76.8 cm³/mol. The molecule has 0 fully saturated rings. The largest absolute Gasteiger partial charge is 0.439 e. The van der Waals surface area contributed by atoms with Gasteiger partial charge in [0.25, 0.3) is 0 Å². The highest BCUT2D eigenvalue weighted by molar-refractivity contribution is 5.40. The number of anilines is 1. The van der Waals surface area contributed by atoms with E-state index in [1.165, 1.54) is 5.56 Å². The van der Waals surface area contributed by atoms with E-state index in [0.717, 1.165) is 24.5 Å². The lowest BCUT2D eigenvalue weighted by Crippen LogP contribution is -2.02. The molecule has 1 N–H and O–H groups in total. The van der Waals surface area contributed by atoms with Gasteiger partial charge in [-0.2, -0.15) is 4.98 Å². The Hall–Kier alpha value is -2.10. The minimum atomic E-state index is 0.566. The van der Waals surface area contributed by atoms with Crippen molar-refractivity contribution < 1.29 is 4.74 Å². The van der Waals surface area contributed by atoms with Gasteiger partial charge in [-0.25, -0.2) is 4.98 Å². The topological polar surface area (TPSA) is 47.0 Å². The second-order valence-corrected chi connectivity index (χ2v) is 4.27. The van der Waals surface area contributed by atoms with E-state index in [0.29, 0.717) is 11.7 Å². The summed E-state index contributed by atoms with van der Waals surface area (Å²) in [5.74, 6) is 2.85. The highest BCUT2D eigenvalue weighted by Crippen LogP contribution is 2.22. The van der Waals surface area contributed by atoms with E-state index in [-0.39, 0.29) is 0 Å². The molecule has 1 aromatic heterocycles. The SMILES string of the molecule is CCNc1cc(Oc2cccc(CC)c2)nc(C)n1. The Morgan fingerprint density at radius 2 is 2.00 bits per heavy atom. The van der Waals surface area contributed by atoms with Crippen molar-refractivity contribution in [3.05, 3.63) is 41.7 Å². The highest BCUT2D eigenvalue weighted by Gasteiger charge is 2.04. The first-order valence-corrected chi connectivity index (χ1v) is 6.57. The summed E-state index contributed by atoms with van der Waals surface area (Å²) in [6, 6.07) is 9.86. The van der Waals surface area contributed by atoms with Crippen molar-refractivity contribution >= 4 is 5.82 Å². The first-order chi connectivity index (χ1) is 9.21. The van der Waals surface area contributed by atoms with E-state index in [1.54, 1.807) is 0 Å². The average Bonchev–Trinajstić information content (AvgIpc) is 2.38. The minimum Gasteiger partial charge on any atom is -0.439 e. The Balaban J connectivity index is 2.22. The first-order valence-electron chi connectivity index (χ1n) is 6.57. The monoisotopic (exact) mass is 257 g/mol.